The average molecular weight is 282 g/mol. The first-order chi connectivity index (χ1) is 10.2. The van der Waals surface area contributed by atoms with Crippen molar-refractivity contribution in [3.8, 4) is 11.1 Å². The van der Waals surface area contributed by atoms with E-state index in [0.717, 1.165) is 17.5 Å². The van der Waals surface area contributed by atoms with Crippen LogP contribution in [0.5, 0.6) is 0 Å². The van der Waals surface area contributed by atoms with Crippen LogP contribution in [0.25, 0.3) is 22.0 Å². The third-order valence-electron chi connectivity index (χ3n) is 3.47. The molecule has 21 heavy (non-hydrogen) atoms. The number of aryl methyl sites for hydroxylation is 1. The fourth-order valence-corrected chi connectivity index (χ4v) is 2.38. The van der Waals surface area contributed by atoms with Crippen LogP contribution in [0, 0.1) is 5.82 Å². The van der Waals surface area contributed by atoms with Crippen molar-refractivity contribution in [3.05, 3.63) is 65.0 Å². The number of hydrogen-bond acceptors (Lipinski definition) is 2. The molecule has 0 saturated carbocycles. The number of hydrogen-bond donors (Lipinski definition) is 0. The molecule has 0 atom stereocenters. The maximum atomic E-state index is 13.0. The maximum absolute atomic E-state index is 13.0. The quantitative estimate of drug-likeness (QED) is 0.735. The minimum absolute atomic E-state index is 0.0208. The van der Waals surface area contributed by atoms with Crippen molar-refractivity contribution >= 4 is 10.9 Å². The van der Waals surface area contributed by atoms with Gasteiger partial charge in [-0.15, -0.1) is 0 Å². The van der Waals surface area contributed by atoms with Gasteiger partial charge in [-0.3, -0.25) is 9.36 Å². The lowest BCUT2D eigenvalue weighted by Crippen LogP contribution is -2.20. The molecule has 0 saturated heterocycles. The van der Waals surface area contributed by atoms with Gasteiger partial charge in [0.05, 0.1) is 17.2 Å². The van der Waals surface area contributed by atoms with Crippen LogP contribution in [0.4, 0.5) is 4.39 Å². The maximum Gasteiger partial charge on any atom is 0.261 e. The van der Waals surface area contributed by atoms with Gasteiger partial charge in [0.1, 0.15) is 5.82 Å². The number of nitrogens with zero attached hydrogens (tertiary/aromatic N) is 2. The van der Waals surface area contributed by atoms with Crippen LogP contribution >= 0.6 is 0 Å². The SMILES string of the molecule is CCCn1cnc2cc(-c3ccc(F)cc3)ccc2c1=O. The van der Waals surface area contributed by atoms with Gasteiger partial charge in [0.25, 0.3) is 5.56 Å². The third-order valence-corrected chi connectivity index (χ3v) is 3.47. The standard InChI is InChI=1S/C17H15FN2O/c1-2-9-20-11-19-16-10-13(5-8-15(16)17(20)21)12-3-6-14(18)7-4-12/h3-8,10-11H,2,9H2,1H3. The van der Waals surface area contributed by atoms with Gasteiger partial charge in [-0.1, -0.05) is 25.1 Å². The molecule has 1 aromatic heterocycles. The fraction of sp³-hybridized carbons (Fsp3) is 0.176. The van der Waals surface area contributed by atoms with Crippen molar-refractivity contribution in [2.75, 3.05) is 0 Å². The zero-order valence-corrected chi connectivity index (χ0v) is 11.7. The molecule has 3 nitrogen and oxygen atoms in total. The zero-order valence-electron chi connectivity index (χ0n) is 11.7. The summed E-state index contributed by atoms with van der Waals surface area (Å²) >= 11 is 0. The number of halogens is 1. The Balaban J connectivity index is 2.11. The van der Waals surface area contributed by atoms with Gasteiger partial charge in [0, 0.05) is 6.54 Å². The van der Waals surface area contributed by atoms with Crippen LogP contribution in [-0.4, -0.2) is 9.55 Å². The van der Waals surface area contributed by atoms with E-state index in [1.165, 1.54) is 12.1 Å². The van der Waals surface area contributed by atoms with Crippen molar-refractivity contribution in [3.63, 3.8) is 0 Å². The van der Waals surface area contributed by atoms with Crippen LogP contribution in [0.15, 0.2) is 53.6 Å². The predicted octanol–water partition coefficient (Wildman–Crippen LogP) is 3.61. The molecule has 0 aliphatic rings. The second-order valence-corrected chi connectivity index (χ2v) is 4.98. The highest BCUT2D eigenvalue weighted by atomic mass is 19.1. The van der Waals surface area contributed by atoms with E-state index in [9.17, 15) is 9.18 Å². The molecule has 4 heteroatoms. The topological polar surface area (TPSA) is 34.9 Å². The van der Waals surface area contributed by atoms with Crippen LogP contribution in [-0.2, 0) is 6.54 Å². The molecule has 106 valence electrons. The normalized spacial score (nSPS) is 11.0. The Morgan fingerprint density at radius 2 is 1.81 bits per heavy atom. The molecule has 0 amide bonds. The van der Waals surface area contributed by atoms with Gasteiger partial charge >= 0.3 is 0 Å². The first-order valence-corrected chi connectivity index (χ1v) is 6.94. The summed E-state index contributed by atoms with van der Waals surface area (Å²) in [5, 5.41) is 0.608. The summed E-state index contributed by atoms with van der Waals surface area (Å²) < 4.78 is 14.6. The number of aromatic nitrogens is 2. The van der Waals surface area contributed by atoms with Crippen LogP contribution in [0.1, 0.15) is 13.3 Å². The van der Waals surface area contributed by atoms with Crippen molar-refractivity contribution in [2.24, 2.45) is 0 Å². The largest absolute Gasteiger partial charge is 0.299 e. The monoisotopic (exact) mass is 282 g/mol. The van der Waals surface area contributed by atoms with Crippen LogP contribution in [0.3, 0.4) is 0 Å². The molecule has 0 fully saturated rings. The smallest absolute Gasteiger partial charge is 0.261 e. The van der Waals surface area contributed by atoms with Gasteiger partial charge in [0.2, 0.25) is 0 Å². The van der Waals surface area contributed by atoms with Gasteiger partial charge in [0.15, 0.2) is 0 Å². The molecule has 0 aliphatic heterocycles. The third kappa shape index (κ3) is 2.57. The summed E-state index contributed by atoms with van der Waals surface area (Å²) in [5.41, 5.74) is 2.46. The van der Waals surface area contributed by atoms with E-state index in [-0.39, 0.29) is 11.4 Å². The Morgan fingerprint density at radius 3 is 2.52 bits per heavy atom. The number of benzene rings is 2. The first kappa shape index (κ1) is 13.5. The lowest BCUT2D eigenvalue weighted by molar-refractivity contribution is 0.628. The highest BCUT2D eigenvalue weighted by Gasteiger charge is 2.06. The molecule has 3 aromatic rings. The Hall–Kier alpha value is -2.49. The molecule has 0 N–H and O–H groups in total. The fourth-order valence-electron chi connectivity index (χ4n) is 2.38. The van der Waals surface area contributed by atoms with E-state index in [4.69, 9.17) is 0 Å². The minimum atomic E-state index is -0.264. The molecule has 1 heterocycles. The van der Waals surface area contributed by atoms with Crippen molar-refractivity contribution in [1.82, 2.24) is 9.55 Å². The molecule has 0 aliphatic carbocycles. The second kappa shape index (κ2) is 5.48. The van der Waals surface area contributed by atoms with Crippen molar-refractivity contribution in [1.29, 1.82) is 0 Å². The van der Waals surface area contributed by atoms with Crippen LogP contribution in [0.2, 0.25) is 0 Å². The molecule has 0 unspecified atom stereocenters. The summed E-state index contributed by atoms with van der Waals surface area (Å²) in [5.74, 6) is -0.264. The summed E-state index contributed by atoms with van der Waals surface area (Å²) in [7, 11) is 0. The average Bonchev–Trinajstić information content (AvgIpc) is 2.51. The first-order valence-electron chi connectivity index (χ1n) is 6.94. The number of fused-ring (bicyclic) bond motifs is 1. The molecule has 0 bridgehead atoms. The van der Waals surface area contributed by atoms with E-state index < -0.39 is 0 Å². The Labute approximate surface area is 121 Å². The van der Waals surface area contributed by atoms with E-state index in [1.807, 2.05) is 19.1 Å². The van der Waals surface area contributed by atoms with E-state index in [1.54, 1.807) is 29.1 Å². The zero-order chi connectivity index (χ0) is 14.8. The summed E-state index contributed by atoms with van der Waals surface area (Å²) in [6.45, 7) is 2.69. The highest BCUT2D eigenvalue weighted by molar-refractivity contribution is 5.83. The van der Waals surface area contributed by atoms with Crippen molar-refractivity contribution in [2.45, 2.75) is 19.9 Å². The Morgan fingerprint density at radius 1 is 1.10 bits per heavy atom. The highest BCUT2D eigenvalue weighted by Crippen LogP contribution is 2.22. The van der Waals surface area contributed by atoms with Crippen molar-refractivity contribution < 1.29 is 4.39 Å². The minimum Gasteiger partial charge on any atom is -0.299 e. The predicted molar refractivity (Wildman–Crippen MR) is 81.7 cm³/mol. The second-order valence-electron chi connectivity index (χ2n) is 4.98. The van der Waals surface area contributed by atoms with E-state index >= 15 is 0 Å². The van der Waals surface area contributed by atoms with E-state index in [0.29, 0.717) is 17.4 Å². The van der Waals surface area contributed by atoms with Crippen LogP contribution < -0.4 is 5.56 Å². The van der Waals surface area contributed by atoms with Gasteiger partial charge < -0.3 is 0 Å². The van der Waals surface area contributed by atoms with Gasteiger partial charge in [-0.05, 0) is 41.8 Å². The molecule has 3 rings (SSSR count). The molecular formula is C17H15FN2O. The summed E-state index contributed by atoms with van der Waals surface area (Å²) in [6.07, 6.45) is 2.48. The lowest BCUT2D eigenvalue weighted by atomic mass is 10.0. The lowest BCUT2D eigenvalue weighted by Gasteiger charge is -2.07. The van der Waals surface area contributed by atoms with Gasteiger partial charge in [-0.25, -0.2) is 9.37 Å². The molecular weight excluding hydrogens is 267 g/mol. The Kier molecular flexibility index (Phi) is 3.52. The molecule has 0 spiro atoms. The van der Waals surface area contributed by atoms with Gasteiger partial charge in [-0.2, -0.15) is 0 Å². The summed E-state index contributed by atoms with van der Waals surface area (Å²) in [6, 6.07) is 11.8. The number of rotatable bonds is 3. The Bertz CT molecular complexity index is 838. The molecule has 0 radical (unpaired) electrons. The molecule has 2 aromatic carbocycles. The summed E-state index contributed by atoms with van der Waals surface area (Å²) in [4.78, 5) is 16.6. The van der Waals surface area contributed by atoms with E-state index in [2.05, 4.69) is 4.98 Å².